The zero-order valence-corrected chi connectivity index (χ0v) is 10.5. The summed E-state index contributed by atoms with van der Waals surface area (Å²) in [5, 5.41) is 20.4. The van der Waals surface area contributed by atoms with Crippen molar-refractivity contribution >= 4 is 11.9 Å². The second-order valence-electron chi connectivity index (χ2n) is 4.57. The number of unbranched alkanes of at least 4 members (excludes halogenated alkanes) is 2. The van der Waals surface area contributed by atoms with Gasteiger partial charge in [-0.2, -0.15) is 0 Å². The quantitative estimate of drug-likeness (QED) is 0.466. The molecular weight excluding hydrogens is 234 g/mol. The maximum absolute atomic E-state index is 11.9. The fourth-order valence-electron chi connectivity index (χ4n) is 2.13. The number of rotatable bonds is 7. The highest BCUT2D eigenvalue weighted by Crippen LogP contribution is 2.25. The summed E-state index contributed by atoms with van der Waals surface area (Å²) in [6.45, 7) is 0.716. The SMILES string of the molecule is O=C(O)[C@H]1CC=CC[C@H]1C(=O)NCCCCCO. The van der Waals surface area contributed by atoms with Crippen molar-refractivity contribution in [3.05, 3.63) is 12.2 Å². The van der Waals surface area contributed by atoms with Crippen LogP contribution in [0.15, 0.2) is 12.2 Å². The highest BCUT2D eigenvalue weighted by molar-refractivity contribution is 5.85. The molecule has 1 aliphatic rings. The van der Waals surface area contributed by atoms with Crippen molar-refractivity contribution in [1.82, 2.24) is 5.32 Å². The Morgan fingerprint density at radius 1 is 1.11 bits per heavy atom. The predicted molar refractivity (Wildman–Crippen MR) is 66.9 cm³/mol. The fourth-order valence-corrected chi connectivity index (χ4v) is 2.13. The highest BCUT2D eigenvalue weighted by Gasteiger charge is 2.33. The average Bonchev–Trinajstić information content (AvgIpc) is 2.38. The van der Waals surface area contributed by atoms with E-state index in [0.717, 1.165) is 19.3 Å². The number of hydrogen-bond acceptors (Lipinski definition) is 3. The van der Waals surface area contributed by atoms with Gasteiger partial charge in [-0.1, -0.05) is 12.2 Å². The van der Waals surface area contributed by atoms with Gasteiger partial charge in [0.1, 0.15) is 0 Å². The van der Waals surface area contributed by atoms with Crippen molar-refractivity contribution < 1.29 is 19.8 Å². The molecule has 102 valence electrons. The lowest BCUT2D eigenvalue weighted by molar-refractivity contribution is -0.147. The van der Waals surface area contributed by atoms with E-state index in [1.54, 1.807) is 0 Å². The van der Waals surface area contributed by atoms with Gasteiger partial charge in [0.05, 0.1) is 11.8 Å². The van der Waals surface area contributed by atoms with Gasteiger partial charge in [-0.25, -0.2) is 0 Å². The molecule has 1 aliphatic carbocycles. The minimum absolute atomic E-state index is 0.169. The van der Waals surface area contributed by atoms with Crippen molar-refractivity contribution in [3.8, 4) is 0 Å². The number of carbonyl (C=O) groups excluding carboxylic acids is 1. The molecule has 2 atom stereocenters. The summed E-state index contributed by atoms with van der Waals surface area (Å²) in [5.41, 5.74) is 0. The van der Waals surface area contributed by atoms with Crippen molar-refractivity contribution in [1.29, 1.82) is 0 Å². The Labute approximate surface area is 107 Å². The van der Waals surface area contributed by atoms with E-state index in [0.29, 0.717) is 19.4 Å². The number of allylic oxidation sites excluding steroid dienone is 2. The molecule has 5 heteroatoms. The van der Waals surface area contributed by atoms with Crippen LogP contribution in [-0.4, -0.2) is 35.2 Å². The number of aliphatic carboxylic acids is 1. The number of aliphatic hydroxyl groups is 1. The Balaban J connectivity index is 2.35. The van der Waals surface area contributed by atoms with Gasteiger partial charge in [0.25, 0.3) is 0 Å². The second kappa shape index (κ2) is 7.87. The molecule has 0 fully saturated rings. The lowest BCUT2D eigenvalue weighted by Gasteiger charge is -2.24. The average molecular weight is 255 g/mol. The van der Waals surface area contributed by atoms with Gasteiger partial charge in [0, 0.05) is 13.2 Å². The first kappa shape index (κ1) is 14.7. The molecular formula is C13H21NO4. The van der Waals surface area contributed by atoms with Gasteiger partial charge in [-0.15, -0.1) is 0 Å². The van der Waals surface area contributed by atoms with Crippen LogP contribution in [-0.2, 0) is 9.59 Å². The van der Waals surface area contributed by atoms with Gasteiger partial charge in [-0.3, -0.25) is 9.59 Å². The van der Waals surface area contributed by atoms with Crippen molar-refractivity contribution in [3.63, 3.8) is 0 Å². The summed E-state index contributed by atoms with van der Waals surface area (Å²) in [6, 6.07) is 0. The topological polar surface area (TPSA) is 86.6 Å². The molecule has 0 radical (unpaired) electrons. The fraction of sp³-hybridized carbons (Fsp3) is 0.692. The number of hydrogen-bond donors (Lipinski definition) is 3. The molecule has 18 heavy (non-hydrogen) atoms. The van der Waals surface area contributed by atoms with Crippen LogP contribution in [0.3, 0.4) is 0 Å². The first-order valence-corrected chi connectivity index (χ1v) is 6.43. The molecule has 1 amide bonds. The van der Waals surface area contributed by atoms with Crippen molar-refractivity contribution in [2.24, 2.45) is 11.8 Å². The molecule has 0 aromatic heterocycles. The Kier molecular flexibility index (Phi) is 6.43. The van der Waals surface area contributed by atoms with Gasteiger partial charge in [-0.05, 0) is 32.1 Å². The second-order valence-corrected chi connectivity index (χ2v) is 4.57. The number of aliphatic hydroxyl groups excluding tert-OH is 1. The van der Waals surface area contributed by atoms with Crippen LogP contribution >= 0.6 is 0 Å². The van der Waals surface area contributed by atoms with Crippen LogP contribution in [0.25, 0.3) is 0 Å². The molecule has 3 N–H and O–H groups in total. The smallest absolute Gasteiger partial charge is 0.307 e. The number of nitrogens with one attached hydrogen (secondary N) is 1. The van der Waals surface area contributed by atoms with E-state index in [4.69, 9.17) is 10.2 Å². The lowest BCUT2D eigenvalue weighted by Crippen LogP contribution is -2.39. The van der Waals surface area contributed by atoms with E-state index in [1.165, 1.54) is 0 Å². The van der Waals surface area contributed by atoms with E-state index >= 15 is 0 Å². The predicted octanol–water partition coefficient (Wildman–Crippen LogP) is 0.932. The van der Waals surface area contributed by atoms with Crippen LogP contribution in [0.2, 0.25) is 0 Å². The standard InChI is InChI=1S/C13H21NO4/c15-9-5-1-4-8-14-12(16)10-6-2-3-7-11(10)13(17)18/h2-3,10-11,15H,1,4-9H2,(H,14,16)(H,17,18)/t10-,11+/m1/s1. The van der Waals surface area contributed by atoms with Gasteiger partial charge in [0.2, 0.25) is 5.91 Å². The Bertz CT molecular complexity index is 314. The number of carbonyl (C=O) groups is 2. The number of carboxylic acids is 1. The largest absolute Gasteiger partial charge is 0.481 e. The minimum atomic E-state index is -0.903. The molecule has 0 saturated heterocycles. The van der Waals surface area contributed by atoms with E-state index in [-0.39, 0.29) is 12.5 Å². The molecule has 0 aromatic rings. The molecule has 0 aromatic carbocycles. The summed E-state index contributed by atoms with van der Waals surface area (Å²) in [7, 11) is 0. The number of amides is 1. The monoisotopic (exact) mass is 255 g/mol. The first-order chi connectivity index (χ1) is 8.66. The van der Waals surface area contributed by atoms with Crippen molar-refractivity contribution in [2.45, 2.75) is 32.1 Å². The molecule has 0 bridgehead atoms. The summed E-state index contributed by atoms with van der Waals surface area (Å²) >= 11 is 0. The molecule has 0 aliphatic heterocycles. The van der Waals surface area contributed by atoms with E-state index in [1.807, 2.05) is 12.2 Å². The summed E-state index contributed by atoms with van der Waals surface area (Å²) in [4.78, 5) is 22.9. The van der Waals surface area contributed by atoms with Gasteiger partial charge >= 0.3 is 5.97 Å². The lowest BCUT2D eigenvalue weighted by atomic mass is 9.82. The number of carboxylic acid groups (broad SMARTS) is 1. The van der Waals surface area contributed by atoms with Crippen LogP contribution in [0.5, 0.6) is 0 Å². The molecule has 0 spiro atoms. The maximum Gasteiger partial charge on any atom is 0.307 e. The summed E-state index contributed by atoms with van der Waals surface area (Å²) in [6.07, 6.45) is 7.03. The highest BCUT2D eigenvalue weighted by atomic mass is 16.4. The van der Waals surface area contributed by atoms with Gasteiger partial charge < -0.3 is 15.5 Å². The van der Waals surface area contributed by atoms with Crippen molar-refractivity contribution in [2.75, 3.05) is 13.2 Å². The third-order valence-electron chi connectivity index (χ3n) is 3.22. The van der Waals surface area contributed by atoms with E-state index < -0.39 is 17.8 Å². The third kappa shape index (κ3) is 4.49. The normalized spacial score (nSPS) is 22.7. The van der Waals surface area contributed by atoms with Gasteiger partial charge in [0.15, 0.2) is 0 Å². The molecule has 0 saturated carbocycles. The van der Waals surface area contributed by atoms with E-state index in [2.05, 4.69) is 5.32 Å². The summed E-state index contributed by atoms with van der Waals surface area (Å²) in [5.74, 6) is -2.13. The molecule has 0 unspecified atom stereocenters. The van der Waals surface area contributed by atoms with Crippen LogP contribution in [0.1, 0.15) is 32.1 Å². The Morgan fingerprint density at radius 3 is 2.39 bits per heavy atom. The Hall–Kier alpha value is -1.36. The zero-order chi connectivity index (χ0) is 13.4. The third-order valence-corrected chi connectivity index (χ3v) is 3.22. The van der Waals surface area contributed by atoms with E-state index in [9.17, 15) is 9.59 Å². The summed E-state index contributed by atoms with van der Waals surface area (Å²) < 4.78 is 0. The zero-order valence-electron chi connectivity index (χ0n) is 10.5. The molecule has 5 nitrogen and oxygen atoms in total. The Morgan fingerprint density at radius 2 is 1.78 bits per heavy atom. The molecule has 0 heterocycles. The van der Waals surface area contributed by atoms with Crippen LogP contribution in [0, 0.1) is 11.8 Å². The van der Waals surface area contributed by atoms with Crippen LogP contribution < -0.4 is 5.32 Å². The van der Waals surface area contributed by atoms with Crippen LogP contribution in [0.4, 0.5) is 0 Å². The minimum Gasteiger partial charge on any atom is -0.481 e. The molecule has 1 rings (SSSR count). The maximum atomic E-state index is 11.9. The first-order valence-electron chi connectivity index (χ1n) is 6.43.